The number of H-pyrrole nitrogens is 1. The lowest BCUT2D eigenvalue weighted by Crippen LogP contribution is -2.03. The lowest BCUT2D eigenvalue weighted by molar-refractivity contribution is -0.137. The van der Waals surface area contributed by atoms with Gasteiger partial charge in [-0.3, -0.25) is 4.98 Å². The summed E-state index contributed by atoms with van der Waals surface area (Å²) in [7, 11) is 0. The van der Waals surface area contributed by atoms with E-state index in [1.54, 1.807) is 0 Å². The number of carbonyl (C=O) groups is 1. The van der Waals surface area contributed by atoms with Gasteiger partial charge in [0, 0.05) is 17.1 Å². The van der Waals surface area contributed by atoms with Crippen LogP contribution in [0.2, 0.25) is 0 Å². The molecule has 0 fully saturated rings. The number of hydrogen-bond acceptors (Lipinski definition) is 2. The Morgan fingerprint density at radius 3 is 2.59 bits per heavy atom. The standard InChI is InChI=1S/C15H9F3N2O2/c16-15(17,18)10-1-2-11-9(5-10)7-13(20-11)12-6-8(14(21)22)3-4-19-12/h1-7,20H,(H,21,22). The second-order valence-corrected chi connectivity index (χ2v) is 4.72. The van der Waals surface area contributed by atoms with Crippen LogP contribution < -0.4 is 0 Å². The highest BCUT2D eigenvalue weighted by Crippen LogP contribution is 2.32. The molecule has 0 aliphatic carbocycles. The fourth-order valence-electron chi connectivity index (χ4n) is 2.16. The van der Waals surface area contributed by atoms with Crippen LogP contribution in [-0.4, -0.2) is 21.0 Å². The van der Waals surface area contributed by atoms with E-state index >= 15 is 0 Å². The lowest BCUT2D eigenvalue weighted by Gasteiger charge is -2.05. The maximum Gasteiger partial charge on any atom is 0.416 e. The van der Waals surface area contributed by atoms with E-state index in [2.05, 4.69) is 9.97 Å². The number of aromatic nitrogens is 2. The lowest BCUT2D eigenvalue weighted by atomic mass is 10.1. The molecule has 4 nitrogen and oxygen atoms in total. The van der Waals surface area contributed by atoms with Crippen molar-refractivity contribution >= 4 is 16.9 Å². The van der Waals surface area contributed by atoms with Gasteiger partial charge in [0.05, 0.1) is 22.5 Å². The maximum absolute atomic E-state index is 12.7. The Hall–Kier alpha value is -2.83. The van der Waals surface area contributed by atoms with Crippen molar-refractivity contribution in [1.82, 2.24) is 9.97 Å². The molecule has 0 atom stereocenters. The van der Waals surface area contributed by atoms with Gasteiger partial charge in [0.2, 0.25) is 0 Å². The van der Waals surface area contributed by atoms with Crippen LogP contribution >= 0.6 is 0 Å². The summed E-state index contributed by atoms with van der Waals surface area (Å²) in [5.41, 5.74) is 0.644. The van der Waals surface area contributed by atoms with Crippen LogP contribution in [0.15, 0.2) is 42.6 Å². The molecule has 0 saturated carbocycles. The number of carboxylic acids is 1. The van der Waals surface area contributed by atoms with Crippen LogP contribution in [0.5, 0.6) is 0 Å². The molecule has 0 saturated heterocycles. The predicted molar refractivity (Wildman–Crippen MR) is 73.5 cm³/mol. The number of nitrogens with zero attached hydrogens (tertiary/aromatic N) is 1. The van der Waals surface area contributed by atoms with Gasteiger partial charge in [-0.05, 0) is 36.4 Å². The van der Waals surface area contributed by atoms with Crippen molar-refractivity contribution in [3.05, 3.63) is 53.7 Å². The highest BCUT2D eigenvalue weighted by Gasteiger charge is 2.30. The topological polar surface area (TPSA) is 66.0 Å². The summed E-state index contributed by atoms with van der Waals surface area (Å²) in [6.45, 7) is 0. The van der Waals surface area contributed by atoms with Crippen molar-refractivity contribution in [1.29, 1.82) is 0 Å². The van der Waals surface area contributed by atoms with E-state index in [4.69, 9.17) is 5.11 Å². The van der Waals surface area contributed by atoms with Crippen LogP contribution in [-0.2, 0) is 6.18 Å². The number of benzene rings is 1. The van der Waals surface area contributed by atoms with Crippen molar-refractivity contribution in [2.45, 2.75) is 6.18 Å². The van der Waals surface area contributed by atoms with Crippen LogP contribution in [0.3, 0.4) is 0 Å². The number of aromatic amines is 1. The second kappa shape index (κ2) is 4.87. The predicted octanol–water partition coefficient (Wildman–Crippen LogP) is 3.95. The Labute approximate surface area is 122 Å². The molecular weight excluding hydrogens is 297 g/mol. The Bertz CT molecular complexity index is 869. The number of aromatic carboxylic acids is 1. The first-order valence-electron chi connectivity index (χ1n) is 6.24. The monoisotopic (exact) mass is 306 g/mol. The van der Waals surface area contributed by atoms with Crippen molar-refractivity contribution < 1.29 is 23.1 Å². The molecule has 22 heavy (non-hydrogen) atoms. The van der Waals surface area contributed by atoms with Gasteiger partial charge in [0.1, 0.15) is 0 Å². The van der Waals surface area contributed by atoms with E-state index in [0.29, 0.717) is 22.3 Å². The zero-order valence-electron chi connectivity index (χ0n) is 11.0. The fraction of sp³-hybridized carbons (Fsp3) is 0.0667. The second-order valence-electron chi connectivity index (χ2n) is 4.72. The van der Waals surface area contributed by atoms with E-state index in [1.165, 1.54) is 30.5 Å². The Kier molecular flexibility index (Phi) is 3.13. The van der Waals surface area contributed by atoms with Crippen molar-refractivity contribution in [3.63, 3.8) is 0 Å². The largest absolute Gasteiger partial charge is 0.478 e. The maximum atomic E-state index is 12.7. The van der Waals surface area contributed by atoms with Crippen LogP contribution in [0.1, 0.15) is 15.9 Å². The van der Waals surface area contributed by atoms with E-state index in [1.807, 2.05) is 0 Å². The molecule has 7 heteroatoms. The molecular formula is C15H9F3N2O2. The summed E-state index contributed by atoms with van der Waals surface area (Å²) in [4.78, 5) is 17.9. The molecule has 0 bridgehead atoms. The Balaban J connectivity index is 2.09. The van der Waals surface area contributed by atoms with Gasteiger partial charge in [0.25, 0.3) is 0 Å². The van der Waals surface area contributed by atoms with Crippen molar-refractivity contribution in [3.8, 4) is 11.4 Å². The summed E-state index contributed by atoms with van der Waals surface area (Å²) >= 11 is 0. The first-order valence-corrected chi connectivity index (χ1v) is 6.24. The Morgan fingerprint density at radius 2 is 1.91 bits per heavy atom. The number of nitrogens with one attached hydrogen (secondary N) is 1. The quantitative estimate of drug-likeness (QED) is 0.753. The van der Waals surface area contributed by atoms with Crippen molar-refractivity contribution in [2.24, 2.45) is 0 Å². The summed E-state index contributed by atoms with van der Waals surface area (Å²) in [5, 5.41) is 9.34. The molecule has 0 unspecified atom stereocenters. The van der Waals surface area contributed by atoms with Gasteiger partial charge in [-0.25, -0.2) is 4.79 Å². The number of alkyl halides is 3. The minimum absolute atomic E-state index is 0.0552. The zero-order chi connectivity index (χ0) is 15.9. The average molecular weight is 306 g/mol. The third kappa shape index (κ3) is 2.52. The molecule has 0 aliphatic heterocycles. The van der Waals surface area contributed by atoms with Crippen LogP contribution in [0.4, 0.5) is 13.2 Å². The molecule has 0 amide bonds. The molecule has 2 heterocycles. The van der Waals surface area contributed by atoms with Gasteiger partial charge in [-0.15, -0.1) is 0 Å². The minimum atomic E-state index is -4.41. The van der Waals surface area contributed by atoms with Gasteiger partial charge >= 0.3 is 12.1 Å². The third-order valence-corrected chi connectivity index (χ3v) is 3.23. The van der Waals surface area contributed by atoms with E-state index in [0.717, 1.165) is 12.1 Å². The highest BCUT2D eigenvalue weighted by atomic mass is 19.4. The van der Waals surface area contributed by atoms with Gasteiger partial charge in [-0.1, -0.05) is 0 Å². The third-order valence-electron chi connectivity index (χ3n) is 3.23. The van der Waals surface area contributed by atoms with E-state index in [9.17, 15) is 18.0 Å². The zero-order valence-corrected chi connectivity index (χ0v) is 11.0. The van der Waals surface area contributed by atoms with Gasteiger partial charge < -0.3 is 10.1 Å². The highest BCUT2D eigenvalue weighted by molar-refractivity contribution is 5.90. The normalized spacial score (nSPS) is 11.8. The molecule has 2 aromatic heterocycles. The Morgan fingerprint density at radius 1 is 1.14 bits per heavy atom. The average Bonchev–Trinajstić information content (AvgIpc) is 2.89. The number of carboxylic acid groups (broad SMARTS) is 1. The molecule has 2 N–H and O–H groups in total. The van der Waals surface area contributed by atoms with E-state index < -0.39 is 17.7 Å². The SMILES string of the molecule is O=C(O)c1ccnc(-c2cc3cc(C(F)(F)F)ccc3[nH]2)c1. The number of pyridine rings is 1. The number of halogens is 3. The van der Waals surface area contributed by atoms with Gasteiger partial charge in [0.15, 0.2) is 0 Å². The van der Waals surface area contributed by atoms with Gasteiger partial charge in [-0.2, -0.15) is 13.2 Å². The molecule has 0 spiro atoms. The first kappa shape index (κ1) is 14.1. The van der Waals surface area contributed by atoms with Crippen LogP contribution in [0, 0.1) is 0 Å². The molecule has 3 aromatic rings. The summed E-state index contributed by atoms with van der Waals surface area (Å²) in [6, 6.07) is 7.58. The smallest absolute Gasteiger partial charge is 0.416 e. The molecule has 1 aromatic carbocycles. The molecule has 3 rings (SSSR count). The summed E-state index contributed by atoms with van der Waals surface area (Å²) in [5.74, 6) is -1.10. The van der Waals surface area contributed by atoms with Crippen molar-refractivity contribution in [2.75, 3.05) is 0 Å². The number of hydrogen-bond donors (Lipinski definition) is 2. The minimum Gasteiger partial charge on any atom is -0.478 e. The van der Waals surface area contributed by atoms with Crippen LogP contribution in [0.25, 0.3) is 22.3 Å². The molecule has 112 valence electrons. The summed E-state index contributed by atoms with van der Waals surface area (Å²) < 4.78 is 38.1. The number of rotatable bonds is 2. The number of fused-ring (bicyclic) bond motifs is 1. The molecule has 0 radical (unpaired) electrons. The fourth-order valence-corrected chi connectivity index (χ4v) is 2.16. The molecule has 0 aliphatic rings. The summed E-state index contributed by atoms with van der Waals surface area (Å²) in [6.07, 6.45) is -3.07. The van der Waals surface area contributed by atoms with E-state index in [-0.39, 0.29) is 5.56 Å². The first-order chi connectivity index (χ1) is 10.3.